The van der Waals surface area contributed by atoms with Crippen LogP contribution in [-0.2, 0) is 11.2 Å². The summed E-state index contributed by atoms with van der Waals surface area (Å²) < 4.78 is 0. The number of fused-ring (bicyclic) bond motifs is 1. The van der Waals surface area contributed by atoms with Gasteiger partial charge < -0.3 is 16.4 Å². The molecule has 6 nitrogen and oxygen atoms in total. The second kappa shape index (κ2) is 4.84. The van der Waals surface area contributed by atoms with Crippen molar-refractivity contribution < 1.29 is 4.79 Å². The highest BCUT2D eigenvalue weighted by Gasteiger charge is 2.40. The minimum Gasteiger partial charge on any atom is -0.369 e. The van der Waals surface area contributed by atoms with Crippen LogP contribution in [0.25, 0.3) is 10.2 Å². The highest BCUT2D eigenvalue weighted by atomic mass is 32.1. The fourth-order valence-corrected chi connectivity index (χ4v) is 3.70. The maximum absolute atomic E-state index is 11.6. The molecule has 1 aliphatic heterocycles. The van der Waals surface area contributed by atoms with Crippen LogP contribution in [0.15, 0.2) is 6.07 Å². The molecule has 0 bridgehead atoms. The van der Waals surface area contributed by atoms with E-state index in [-0.39, 0.29) is 11.9 Å². The van der Waals surface area contributed by atoms with E-state index < -0.39 is 5.41 Å². The maximum Gasteiger partial charge on any atom is 0.225 e. The zero-order valence-corrected chi connectivity index (χ0v) is 13.0. The molecule has 3 rings (SSSR count). The maximum atomic E-state index is 11.6. The van der Waals surface area contributed by atoms with Gasteiger partial charge in [-0.2, -0.15) is 4.98 Å². The molecule has 0 radical (unpaired) electrons. The van der Waals surface area contributed by atoms with Crippen molar-refractivity contribution in [2.24, 2.45) is 11.1 Å². The van der Waals surface area contributed by atoms with Gasteiger partial charge in [-0.25, -0.2) is 4.98 Å². The smallest absolute Gasteiger partial charge is 0.225 e. The summed E-state index contributed by atoms with van der Waals surface area (Å²) in [5.74, 6) is 0.830. The lowest BCUT2D eigenvalue weighted by Gasteiger charge is -2.22. The van der Waals surface area contributed by atoms with Crippen molar-refractivity contribution in [3.8, 4) is 0 Å². The first kappa shape index (κ1) is 14.1. The fourth-order valence-electron chi connectivity index (χ4n) is 2.73. The van der Waals surface area contributed by atoms with Gasteiger partial charge >= 0.3 is 0 Å². The molecule has 1 unspecified atom stereocenters. The lowest BCUT2D eigenvalue weighted by molar-refractivity contribution is -0.125. The first-order valence-electron chi connectivity index (χ1n) is 7.04. The fraction of sp³-hybridized carbons (Fsp3) is 0.500. The van der Waals surface area contributed by atoms with Crippen LogP contribution in [0.1, 0.15) is 25.1 Å². The third-order valence-corrected chi connectivity index (χ3v) is 5.33. The Kier molecular flexibility index (Phi) is 3.24. The molecule has 112 valence electrons. The molecule has 21 heavy (non-hydrogen) atoms. The Bertz CT molecular complexity index is 713. The van der Waals surface area contributed by atoms with Gasteiger partial charge in [0, 0.05) is 18.0 Å². The summed E-state index contributed by atoms with van der Waals surface area (Å²) in [6, 6.07) is 2.12. The molecule has 4 N–H and O–H groups in total. The van der Waals surface area contributed by atoms with E-state index in [9.17, 15) is 4.79 Å². The Morgan fingerprint density at radius 2 is 2.29 bits per heavy atom. The zero-order valence-electron chi connectivity index (χ0n) is 12.2. The van der Waals surface area contributed by atoms with Crippen molar-refractivity contribution in [1.82, 2.24) is 9.97 Å². The van der Waals surface area contributed by atoms with Gasteiger partial charge in [0.05, 0.1) is 10.8 Å². The van der Waals surface area contributed by atoms with E-state index >= 15 is 0 Å². The van der Waals surface area contributed by atoms with Crippen LogP contribution in [-0.4, -0.2) is 29.0 Å². The number of rotatable bonds is 3. The number of thiophene rings is 1. The van der Waals surface area contributed by atoms with Gasteiger partial charge in [0.2, 0.25) is 11.9 Å². The standard InChI is InChI=1S/C14H19N5OS/c1-3-8-6-9-10(17-13(16)18-11(9)21-8)19-5-4-14(2,7-19)12(15)20/h6H,3-5,7H2,1-2H3,(H2,15,20)(H2,16,17,18). The lowest BCUT2D eigenvalue weighted by Crippen LogP contribution is -2.37. The largest absolute Gasteiger partial charge is 0.369 e. The van der Waals surface area contributed by atoms with Crippen molar-refractivity contribution in [1.29, 1.82) is 0 Å². The van der Waals surface area contributed by atoms with Crippen LogP contribution in [0.5, 0.6) is 0 Å². The van der Waals surface area contributed by atoms with Gasteiger partial charge in [0.1, 0.15) is 10.6 Å². The number of aromatic nitrogens is 2. The molecule has 0 spiro atoms. The SMILES string of the molecule is CCc1cc2c(N3CCC(C)(C(N)=O)C3)nc(N)nc2s1. The van der Waals surface area contributed by atoms with E-state index in [1.807, 2.05) is 6.92 Å². The van der Waals surface area contributed by atoms with Crippen LogP contribution >= 0.6 is 11.3 Å². The zero-order chi connectivity index (χ0) is 15.2. The van der Waals surface area contributed by atoms with Gasteiger partial charge in [-0.15, -0.1) is 11.3 Å². The van der Waals surface area contributed by atoms with Crippen molar-refractivity contribution >= 4 is 39.2 Å². The molecule has 2 aromatic rings. The molecule has 3 heterocycles. The molecular formula is C14H19N5OS. The van der Waals surface area contributed by atoms with Gasteiger partial charge in [0.25, 0.3) is 0 Å². The predicted molar refractivity (Wildman–Crippen MR) is 85.3 cm³/mol. The number of nitrogen functional groups attached to an aromatic ring is 1. The molecule has 0 aromatic carbocycles. The van der Waals surface area contributed by atoms with Gasteiger partial charge in [-0.3, -0.25) is 4.79 Å². The summed E-state index contributed by atoms with van der Waals surface area (Å²) in [7, 11) is 0. The number of anilines is 2. The number of carbonyl (C=O) groups excluding carboxylic acids is 1. The van der Waals surface area contributed by atoms with E-state index in [1.165, 1.54) is 4.88 Å². The topological polar surface area (TPSA) is 98.1 Å². The molecule has 1 atom stereocenters. The number of primary amides is 1. The van der Waals surface area contributed by atoms with E-state index in [0.717, 1.165) is 35.4 Å². The van der Waals surface area contributed by atoms with Crippen LogP contribution in [0.3, 0.4) is 0 Å². The third kappa shape index (κ3) is 2.31. The molecule has 1 fully saturated rings. The lowest BCUT2D eigenvalue weighted by atomic mass is 9.89. The second-order valence-corrected chi connectivity index (χ2v) is 6.90. The monoisotopic (exact) mass is 305 g/mol. The number of amides is 1. The minimum absolute atomic E-state index is 0.261. The number of nitrogens with zero attached hydrogens (tertiary/aromatic N) is 3. The summed E-state index contributed by atoms with van der Waals surface area (Å²) in [4.78, 5) is 24.6. The molecule has 1 amide bonds. The summed E-state index contributed by atoms with van der Waals surface area (Å²) in [6.07, 6.45) is 1.69. The molecule has 1 saturated heterocycles. The quantitative estimate of drug-likeness (QED) is 0.896. The van der Waals surface area contributed by atoms with Crippen molar-refractivity contribution in [2.75, 3.05) is 23.7 Å². The summed E-state index contributed by atoms with van der Waals surface area (Å²) in [6.45, 7) is 5.34. The molecule has 7 heteroatoms. The Morgan fingerprint density at radius 3 is 2.90 bits per heavy atom. The Morgan fingerprint density at radius 1 is 1.52 bits per heavy atom. The number of hydrogen-bond donors (Lipinski definition) is 2. The molecule has 1 aliphatic rings. The summed E-state index contributed by atoms with van der Waals surface area (Å²) in [5, 5.41) is 1.01. The summed E-state index contributed by atoms with van der Waals surface area (Å²) in [5.41, 5.74) is 10.9. The first-order chi connectivity index (χ1) is 9.93. The summed E-state index contributed by atoms with van der Waals surface area (Å²) >= 11 is 1.64. The van der Waals surface area contributed by atoms with Crippen LogP contribution < -0.4 is 16.4 Å². The number of nitrogens with two attached hydrogens (primary N) is 2. The van der Waals surface area contributed by atoms with Gasteiger partial charge in [-0.05, 0) is 25.8 Å². The predicted octanol–water partition coefficient (Wildman–Crippen LogP) is 1.54. The highest BCUT2D eigenvalue weighted by Crippen LogP contribution is 2.37. The van der Waals surface area contributed by atoms with Crippen molar-refractivity contribution in [3.63, 3.8) is 0 Å². The Hall–Kier alpha value is -1.89. The van der Waals surface area contributed by atoms with E-state index in [0.29, 0.717) is 6.54 Å². The Labute approximate surface area is 127 Å². The number of aryl methyl sites for hydroxylation is 1. The average Bonchev–Trinajstić information content (AvgIpc) is 3.02. The molecule has 2 aromatic heterocycles. The van der Waals surface area contributed by atoms with Crippen LogP contribution in [0.2, 0.25) is 0 Å². The minimum atomic E-state index is -0.504. The van der Waals surface area contributed by atoms with Crippen LogP contribution in [0.4, 0.5) is 11.8 Å². The first-order valence-corrected chi connectivity index (χ1v) is 7.85. The highest BCUT2D eigenvalue weighted by molar-refractivity contribution is 7.18. The molecule has 0 aliphatic carbocycles. The second-order valence-electron chi connectivity index (χ2n) is 5.79. The normalized spacial score (nSPS) is 22.1. The van der Waals surface area contributed by atoms with E-state index in [4.69, 9.17) is 11.5 Å². The van der Waals surface area contributed by atoms with Crippen LogP contribution in [0, 0.1) is 5.41 Å². The average molecular weight is 305 g/mol. The van der Waals surface area contributed by atoms with Gasteiger partial charge in [-0.1, -0.05) is 6.92 Å². The number of carbonyl (C=O) groups is 1. The Balaban J connectivity index is 2.04. The van der Waals surface area contributed by atoms with Crippen molar-refractivity contribution in [2.45, 2.75) is 26.7 Å². The van der Waals surface area contributed by atoms with Crippen molar-refractivity contribution in [3.05, 3.63) is 10.9 Å². The van der Waals surface area contributed by atoms with E-state index in [2.05, 4.69) is 27.9 Å². The molecule has 0 saturated carbocycles. The molecular weight excluding hydrogens is 286 g/mol. The van der Waals surface area contributed by atoms with E-state index in [1.54, 1.807) is 11.3 Å². The number of hydrogen-bond acceptors (Lipinski definition) is 6. The van der Waals surface area contributed by atoms with Gasteiger partial charge in [0.15, 0.2) is 0 Å². The third-order valence-electron chi connectivity index (χ3n) is 4.16.